The highest BCUT2D eigenvalue weighted by atomic mass is 32.2. The van der Waals surface area contributed by atoms with Crippen LogP contribution < -0.4 is 15.5 Å². The summed E-state index contributed by atoms with van der Waals surface area (Å²) in [4.78, 5) is 26.8. The number of hydrogen-bond acceptors (Lipinski definition) is 6. The number of carbonyl (C=O) groups excluding carboxylic acids is 2. The predicted molar refractivity (Wildman–Crippen MR) is 173 cm³/mol. The first-order valence-electron chi connectivity index (χ1n) is 14.5. The molecule has 0 saturated heterocycles. The predicted octanol–water partition coefficient (Wildman–Crippen LogP) is 5.20. The summed E-state index contributed by atoms with van der Waals surface area (Å²) < 4.78 is 33.4. The normalized spacial score (nSPS) is 11.2. The van der Waals surface area contributed by atoms with Crippen LogP contribution in [0.4, 0.5) is 10.5 Å². The van der Waals surface area contributed by atoms with Crippen LogP contribution in [0.5, 0.6) is 5.75 Å². The molecule has 4 aromatic rings. The fraction of sp³-hybridized carbons (Fsp3) is 0.235. The highest BCUT2D eigenvalue weighted by Crippen LogP contribution is 2.19. The fourth-order valence-corrected chi connectivity index (χ4v) is 6.25. The van der Waals surface area contributed by atoms with Crippen molar-refractivity contribution >= 4 is 27.6 Å². The van der Waals surface area contributed by atoms with Gasteiger partial charge in [0.1, 0.15) is 5.75 Å². The number of sulfonamides is 1. The van der Waals surface area contributed by atoms with Crippen molar-refractivity contribution in [3.05, 3.63) is 131 Å². The van der Waals surface area contributed by atoms with E-state index < -0.39 is 15.9 Å². The van der Waals surface area contributed by atoms with Crippen LogP contribution >= 0.6 is 0 Å². The van der Waals surface area contributed by atoms with Gasteiger partial charge in [-0.15, -0.1) is 0 Å². The smallest absolute Gasteiger partial charge is 0.322 e. The lowest BCUT2D eigenvalue weighted by Gasteiger charge is -2.24. The molecule has 45 heavy (non-hydrogen) atoms. The third-order valence-corrected chi connectivity index (χ3v) is 9.04. The van der Waals surface area contributed by atoms with E-state index in [1.165, 1.54) is 4.31 Å². The van der Waals surface area contributed by atoms with Crippen LogP contribution in [0.1, 0.15) is 28.7 Å². The van der Waals surface area contributed by atoms with E-state index >= 15 is 0 Å². The maximum Gasteiger partial charge on any atom is 0.322 e. The number of methoxy groups -OCH3 is 1. The molecule has 4 aromatic carbocycles. The van der Waals surface area contributed by atoms with E-state index in [4.69, 9.17) is 9.94 Å². The van der Waals surface area contributed by atoms with E-state index in [9.17, 15) is 18.0 Å². The molecule has 0 aliphatic rings. The SMILES string of the molecule is COc1ccc(CCN(CCC(=O)NO)S(=O)(=O)Cc2ccc(NC(=O)N(Cc3ccccc3)Cc3ccccc3)cc2)cc1. The minimum Gasteiger partial charge on any atom is -0.497 e. The highest BCUT2D eigenvalue weighted by molar-refractivity contribution is 7.88. The Morgan fingerprint density at radius 2 is 1.29 bits per heavy atom. The zero-order valence-corrected chi connectivity index (χ0v) is 25.9. The molecule has 0 unspecified atom stereocenters. The average molecular weight is 631 g/mol. The van der Waals surface area contributed by atoms with Crippen molar-refractivity contribution in [2.75, 3.05) is 25.5 Å². The van der Waals surface area contributed by atoms with Crippen molar-refractivity contribution in [3.8, 4) is 5.75 Å². The topological polar surface area (TPSA) is 128 Å². The number of amides is 3. The summed E-state index contributed by atoms with van der Waals surface area (Å²) in [6, 6.07) is 33.2. The first-order chi connectivity index (χ1) is 21.8. The van der Waals surface area contributed by atoms with Crippen molar-refractivity contribution < 1.29 is 28.0 Å². The molecule has 0 radical (unpaired) electrons. The largest absolute Gasteiger partial charge is 0.497 e. The Bertz CT molecular complexity index is 1580. The van der Waals surface area contributed by atoms with E-state index in [1.54, 1.807) is 53.9 Å². The number of rotatable bonds is 15. The number of anilines is 1. The Morgan fingerprint density at radius 1 is 0.733 bits per heavy atom. The van der Waals surface area contributed by atoms with Gasteiger partial charge in [-0.25, -0.2) is 23.0 Å². The van der Waals surface area contributed by atoms with E-state index in [-0.39, 0.29) is 31.3 Å². The van der Waals surface area contributed by atoms with Crippen LogP contribution in [0.25, 0.3) is 0 Å². The summed E-state index contributed by atoms with van der Waals surface area (Å²) in [7, 11) is -2.26. The molecule has 0 saturated carbocycles. The molecule has 10 nitrogen and oxygen atoms in total. The molecule has 236 valence electrons. The minimum absolute atomic E-state index is 0.0856. The monoisotopic (exact) mass is 630 g/mol. The van der Waals surface area contributed by atoms with Gasteiger partial charge in [0.05, 0.1) is 12.9 Å². The summed E-state index contributed by atoms with van der Waals surface area (Å²) >= 11 is 0. The second-order valence-corrected chi connectivity index (χ2v) is 12.5. The highest BCUT2D eigenvalue weighted by Gasteiger charge is 2.23. The van der Waals surface area contributed by atoms with Gasteiger partial charge >= 0.3 is 6.03 Å². The van der Waals surface area contributed by atoms with E-state index in [0.29, 0.717) is 36.5 Å². The number of urea groups is 1. The van der Waals surface area contributed by atoms with Crippen LogP contribution in [-0.4, -0.2) is 55.0 Å². The second kappa shape index (κ2) is 16.4. The van der Waals surface area contributed by atoms with E-state index in [2.05, 4.69) is 5.32 Å². The Morgan fingerprint density at radius 3 is 1.82 bits per heavy atom. The summed E-state index contributed by atoms with van der Waals surface area (Å²) in [5.41, 5.74) is 5.52. The van der Waals surface area contributed by atoms with Gasteiger partial charge in [-0.3, -0.25) is 10.0 Å². The zero-order valence-electron chi connectivity index (χ0n) is 25.1. The van der Waals surface area contributed by atoms with Gasteiger partial charge in [-0.05, 0) is 52.9 Å². The van der Waals surface area contributed by atoms with E-state index in [1.807, 2.05) is 72.8 Å². The van der Waals surface area contributed by atoms with Gasteiger partial charge in [0, 0.05) is 38.3 Å². The number of benzene rings is 4. The van der Waals surface area contributed by atoms with Crippen LogP contribution in [0.15, 0.2) is 109 Å². The third-order valence-electron chi connectivity index (χ3n) is 7.19. The van der Waals surface area contributed by atoms with Crippen LogP contribution in [0.2, 0.25) is 0 Å². The molecular formula is C34H38N4O6S. The molecular weight excluding hydrogens is 592 g/mol. The summed E-state index contributed by atoms with van der Waals surface area (Å²) in [6.07, 6.45) is 0.239. The van der Waals surface area contributed by atoms with Crippen LogP contribution in [-0.2, 0) is 40.1 Å². The molecule has 0 atom stereocenters. The summed E-state index contributed by atoms with van der Waals surface area (Å²) in [5.74, 6) is -0.269. The Hall–Kier alpha value is -4.71. The number of nitrogens with zero attached hydrogens (tertiary/aromatic N) is 2. The molecule has 0 bridgehead atoms. The van der Waals surface area contributed by atoms with Gasteiger partial charge in [0.25, 0.3) is 0 Å². The van der Waals surface area contributed by atoms with Gasteiger partial charge < -0.3 is 15.0 Å². The number of hydroxylamine groups is 1. The number of nitrogens with one attached hydrogen (secondary N) is 2. The summed E-state index contributed by atoms with van der Waals surface area (Å²) in [5, 5.41) is 11.8. The lowest BCUT2D eigenvalue weighted by molar-refractivity contribution is -0.129. The molecule has 0 heterocycles. The second-order valence-electron chi connectivity index (χ2n) is 10.5. The van der Waals surface area contributed by atoms with Gasteiger partial charge in [-0.2, -0.15) is 0 Å². The number of carbonyl (C=O) groups is 2. The number of hydrogen-bond donors (Lipinski definition) is 3. The standard InChI is InChI=1S/C34H38N4O6S/c1-44-32-18-14-27(15-19-32)20-22-38(23-21-33(39)36-41)45(42,43)26-30-12-16-31(17-13-30)35-34(40)37(24-28-8-4-2-5-9-28)25-29-10-6-3-7-11-29/h2-19,41H,20-26H2,1H3,(H,35,40)(H,36,39). The Balaban J connectivity index is 1.42. The summed E-state index contributed by atoms with van der Waals surface area (Å²) in [6.45, 7) is 0.898. The molecule has 0 aliphatic heterocycles. The Labute approximate surface area is 264 Å². The minimum atomic E-state index is -3.83. The van der Waals surface area contributed by atoms with Crippen molar-refractivity contribution in [2.24, 2.45) is 0 Å². The van der Waals surface area contributed by atoms with Gasteiger partial charge in [0.2, 0.25) is 15.9 Å². The Kier molecular flexibility index (Phi) is 12.1. The molecule has 0 fully saturated rings. The van der Waals surface area contributed by atoms with Crippen molar-refractivity contribution in [2.45, 2.75) is 31.7 Å². The molecule has 0 aromatic heterocycles. The van der Waals surface area contributed by atoms with Crippen LogP contribution in [0.3, 0.4) is 0 Å². The van der Waals surface area contributed by atoms with Gasteiger partial charge in [-0.1, -0.05) is 84.9 Å². The van der Waals surface area contributed by atoms with E-state index in [0.717, 1.165) is 16.7 Å². The molecule has 3 amide bonds. The molecule has 0 spiro atoms. The molecule has 11 heteroatoms. The van der Waals surface area contributed by atoms with Crippen LogP contribution in [0, 0.1) is 0 Å². The molecule has 4 rings (SSSR count). The fourth-order valence-electron chi connectivity index (χ4n) is 4.71. The maximum absolute atomic E-state index is 13.5. The molecule has 0 aliphatic carbocycles. The lowest BCUT2D eigenvalue weighted by atomic mass is 10.1. The van der Waals surface area contributed by atoms with Crippen molar-refractivity contribution in [1.82, 2.24) is 14.7 Å². The first kappa shape index (κ1) is 33.2. The molecule has 3 N–H and O–H groups in total. The zero-order chi connectivity index (χ0) is 32.1. The number of ether oxygens (including phenoxy) is 1. The average Bonchev–Trinajstić information content (AvgIpc) is 3.06. The van der Waals surface area contributed by atoms with Crippen molar-refractivity contribution in [3.63, 3.8) is 0 Å². The maximum atomic E-state index is 13.5. The third kappa shape index (κ3) is 10.5. The first-order valence-corrected chi connectivity index (χ1v) is 16.1. The lowest BCUT2D eigenvalue weighted by Crippen LogP contribution is -2.37. The quantitative estimate of drug-likeness (QED) is 0.122. The van der Waals surface area contributed by atoms with Gasteiger partial charge in [0.15, 0.2) is 0 Å². The van der Waals surface area contributed by atoms with Crippen molar-refractivity contribution in [1.29, 1.82) is 0 Å².